The number of nitrogens with zero attached hydrogens (tertiary/aromatic N) is 1. The first-order valence-electron chi connectivity index (χ1n) is 9.27. The van der Waals surface area contributed by atoms with E-state index in [0.717, 1.165) is 6.07 Å². The Bertz CT molecular complexity index is 829. The van der Waals surface area contributed by atoms with E-state index < -0.39 is 47.0 Å². The second-order valence-corrected chi connectivity index (χ2v) is 7.49. The fourth-order valence-electron chi connectivity index (χ4n) is 3.79. The van der Waals surface area contributed by atoms with E-state index in [1.54, 1.807) is 6.92 Å². The van der Waals surface area contributed by atoms with E-state index in [-0.39, 0.29) is 12.5 Å². The van der Waals surface area contributed by atoms with Crippen molar-refractivity contribution in [2.24, 2.45) is 5.92 Å². The first-order chi connectivity index (χ1) is 13.5. The number of amides is 4. The van der Waals surface area contributed by atoms with Crippen molar-refractivity contribution < 1.29 is 32.3 Å². The molecule has 0 radical (unpaired) electrons. The van der Waals surface area contributed by atoms with Crippen molar-refractivity contribution in [1.82, 2.24) is 15.5 Å². The maximum Gasteiger partial charge on any atom is 0.419 e. The zero-order chi connectivity index (χ0) is 21.4. The second-order valence-electron chi connectivity index (χ2n) is 7.49. The monoisotopic (exact) mass is 413 g/mol. The van der Waals surface area contributed by atoms with E-state index in [4.69, 9.17) is 4.74 Å². The van der Waals surface area contributed by atoms with Gasteiger partial charge in [0.25, 0.3) is 11.8 Å². The summed E-state index contributed by atoms with van der Waals surface area (Å²) in [4.78, 5) is 38.0. The number of alkyl halides is 3. The maximum absolute atomic E-state index is 13.1. The minimum absolute atomic E-state index is 0.192. The van der Waals surface area contributed by atoms with Crippen LogP contribution < -0.4 is 15.4 Å². The van der Waals surface area contributed by atoms with E-state index in [1.165, 1.54) is 30.0 Å². The number of halogens is 3. The lowest BCUT2D eigenvalue weighted by Crippen LogP contribution is -2.57. The van der Waals surface area contributed by atoms with Gasteiger partial charge in [-0.3, -0.25) is 14.9 Å². The third-order valence-electron chi connectivity index (χ3n) is 5.47. The summed E-state index contributed by atoms with van der Waals surface area (Å²) in [6, 6.07) is 4.14. The summed E-state index contributed by atoms with van der Waals surface area (Å²) >= 11 is 0. The summed E-state index contributed by atoms with van der Waals surface area (Å²) < 4.78 is 44.8. The van der Waals surface area contributed by atoms with Crippen molar-refractivity contribution in [3.63, 3.8) is 0 Å². The topological polar surface area (TPSA) is 87.7 Å². The standard InChI is InChI=1S/C19H22F3N3O4/c1-11(29-14-8-4-3-7-13(14)19(20,21)22)15(26)25-9-5-6-12(10-25)18(2)16(27)23-17(28)24-18/h3-4,7-8,11-12H,5-6,9-10H2,1-2H3,(H2,23,24,27,28)/t11-,12-,18+/m0/s1. The van der Waals surface area contributed by atoms with Gasteiger partial charge < -0.3 is 15.0 Å². The number of hydrogen-bond acceptors (Lipinski definition) is 4. The van der Waals surface area contributed by atoms with Gasteiger partial charge in [-0.05, 0) is 38.8 Å². The van der Waals surface area contributed by atoms with Crippen LogP contribution in [0, 0.1) is 5.92 Å². The second kappa shape index (κ2) is 7.57. The zero-order valence-electron chi connectivity index (χ0n) is 16.0. The van der Waals surface area contributed by atoms with Crippen LogP contribution in [0.3, 0.4) is 0 Å². The summed E-state index contributed by atoms with van der Waals surface area (Å²) in [6.45, 7) is 3.59. The van der Waals surface area contributed by atoms with Crippen molar-refractivity contribution >= 4 is 17.8 Å². The SMILES string of the molecule is C[C@H](Oc1ccccc1C(F)(F)F)C(=O)N1CCC[C@H]([C@@]2(C)NC(=O)NC2=O)C1. The lowest BCUT2D eigenvalue weighted by Gasteiger charge is -2.40. The van der Waals surface area contributed by atoms with Crippen molar-refractivity contribution in [3.8, 4) is 5.75 Å². The average molecular weight is 413 g/mol. The molecule has 3 rings (SSSR count). The molecule has 158 valence electrons. The van der Waals surface area contributed by atoms with Crippen molar-refractivity contribution in [1.29, 1.82) is 0 Å². The molecule has 7 nitrogen and oxygen atoms in total. The van der Waals surface area contributed by atoms with Crippen LogP contribution in [0.15, 0.2) is 24.3 Å². The molecule has 1 aromatic rings. The number of piperidine rings is 1. The van der Waals surface area contributed by atoms with E-state index in [0.29, 0.717) is 19.4 Å². The van der Waals surface area contributed by atoms with Gasteiger partial charge in [0.15, 0.2) is 6.10 Å². The van der Waals surface area contributed by atoms with Crippen molar-refractivity contribution in [3.05, 3.63) is 29.8 Å². The van der Waals surface area contributed by atoms with Crippen LogP contribution >= 0.6 is 0 Å². The number of hydrogen-bond donors (Lipinski definition) is 2. The lowest BCUT2D eigenvalue weighted by molar-refractivity contribution is -0.145. The molecule has 0 saturated carbocycles. The highest BCUT2D eigenvalue weighted by Crippen LogP contribution is 2.36. The molecule has 0 bridgehead atoms. The van der Waals surface area contributed by atoms with Crippen LogP contribution in [-0.4, -0.2) is 47.5 Å². The maximum atomic E-state index is 13.1. The molecule has 2 aliphatic rings. The number of likely N-dealkylation sites (tertiary alicyclic amines) is 1. The first kappa shape index (κ1) is 20.9. The number of carbonyl (C=O) groups is 3. The molecule has 10 heteroatoms. The largest absolute Gasteiger partial charge is 0.480 e. The quantitative estimate of drug-likeness (QED) is 0.742. The number of urea groups is 1. The molecule has 2 fully saturated rings. The molecule has 4 amide bonds. The van der Waals surface area contributed by atoms with Gasteiger partial charge in [-0.25, -0.2) is 4.79 Å². The van der Waals surface area contributed by atoms with Gasteiger partial charge in [0, 0.05) is 19.0 Å². The molecule has 0 aliphatic carbocycles. The fraction of sp³-hybridized carbons (Fsp3) is 0.526. The number of ether oxygens (including phenoxy) is 1. The molecule has 0 spiro atoms. The Morgan fingerprint density at radius 3 is 2.62 bits per heavy atom. The van der Waals surface area contributed by atoms with Crippen molar-refractivity contribution in [2.45, 2.75) is 44.5 Å². The highest BCUT2D eigenvalue weighted by atomic mass is 19.4. The molecular weight excluding hydrogens is 391 g/mol. The van der Waals surface area contributed by atoms with E-state index in [9.17, 15) is 27.6 Å². The Balaban J connectivity index is 1.71. The number of carbonyl (C=O) groups excluding carboxylic acids is 3. The summed E-state index contributed by atoms with van der Waals surface area (Å²) in [5, 5.41) is 4.81. The zero-order valence-corrected chi connectivity index (χ0v) is 16.0. The third kappa shape index (κ3) is 4.15. The highest BCUT2D eigenvalue weighted by Gasteiger charge is 2.49. The lowest BCUT2D eigenvalue weighted by atomic mass is 9.80. The Kier molecular flexibility index (Phi) is 5.46. The predicted molar refractivity (Wildman–Crippen MR) is 95.9 cm³/mol. The van der Waals surface area contributed by atoms with Gasteiger partial charge in [-0.1, -0.05) is 12.1 Å². The number of rotatable bonds is 4. The fourth-order valence-corrected chi connectivity index (χ4v) is 3.79. The summed E-state index contributed by atoms with van der Waals surface area (Å²) in [5.41, 5.74) is -2.09. The Morgan fingerprint density at radius 1 is 1.31 bits per heavy atom. The molecular formula is C19H22F3N3O4. The van der Waals surface area contributed by atoms with Gasteiger partial charge in [0.05, 0.1) is 5.56 Å². The molecule has 2 aliphatic heterocycles. The smallest absolute Gasteiger partial charge is 0.419 e. The molecule has 1 aromatic carbocycles. The molecule has 2 heterocycles. The van der Waals surface area contributed by atoms with Gasteiger partial charge >= 0.3 is 12.2 Å². The van der Waals surface area contributed by atoms with Crippen LogP contribution in [0.25, 0.3) is 0 Å². The number of benzene rings is 1. The van der Waals surface area contributed by atoms with Crippen LogP contribution in [-0.2, 0) is 15.8 Å². The van der Waals surface area contributed by atoms with E-state index >= 15 is 0 Å². The summed E-state index contributed by atoms with van der Waals surface area (Å²) in [7, 11) is 0. The molecule has 3 atom stereocenters. The van der Waals surface area contributed by atoms with Crippen LogP contribution in [0.1, 0.15) is 32.3 Å². The van der Waals surface area contributed by atoms with Crippen LogP contribution in [0.5, 0.6) is 5.75 Å². The number of imide groups is 1. The van der Waals surface area contributed by atoms with Gasteiger partial charge in [-0.2, -0.15) is 13.2 Å². The Labute approximate surface area is 165 Å². The van der Waals surface area contributed by atoms with Gasteiger partial charge in [0.1, 0.15) is 11.3 Å². The Morgan fingerprint density at radius 2 is 2.00 bits per heavy atom. The summed E-state index contributed by atoms with van der Waals surface area (Å²) in [6.07, 6.45) is -4.52. The normalized spacial score (nSPS) is 26.0. The molecule has 29 heavy (non-hydrogen) atoms. The van der Waals surface area contributed by atoms with E-state index in [1.807, 2.05) is 0 Å². The molecule has 0 aromatic heterocycles. The Hall–Kier alpha value is -2.78. The first-order valence-corrected chi connectivity index (χ1v) is 9.27. The average Bonchev–Trinajstić information content (AvgIpc) is 2.93. The van der Waals surface area contributed by atoms with E-state index in [2.05, 4.69) is 10.6 Å². The number of nitrogens with one attached hydrogen (secondary N) is 2. The van der Waals surface area contributed by atoms with Gasteiger partial charge in [0.2, 0.25) is 0 Å². The van der Waals surface area contributed by atoms with Gasteiger partial charge in [-0.15, -0.1) is 0 Å². The van der Waals surface area contributed by atoms with Crippen molar-refractivity contribution in [2.75, 3.05) is 13.1 Å². The molecule has 2 saturated heterocycles. The highest BCUT2D eigenvalue weighted by molar-refractivity contribution is 6.07. The molecule has 0 unspecified atom stereocenters. The van der Waals surface area contributed by atoms with Crippen LogP contribution in [0.4, 0.5) is 18.0 Å². The minimum atomic E-state index is -4.60. The third-order valence-corrected chi connectivity index (χ3v) is 5.47. The predicted octanol–water partition coefficient (Wildman–Crippen LogP) is 2.31. The number of para-hydroxylation sites is 1. The summed E-state index contributed by atoms with van der Waals surface area (Å²) in [5.74, 6) is -1.66. The minimum Gasteiger partial charge on any atom is -0.480 e. The van der Waals surface area contributed by atoms with Crippen LogP contribution in [0.2, 0.25) is 0 Å². The molecule has 2 N–H and O–H groups in total.